The number of aliphatic hydroxyl groups excluding tert-OH is 1. The van der Waals surface area contributed by atoms with E-state index in [1.807, 2.05) is 18.2 Å². The number of halogens is 1. The van der Waals surface area contributed by atoms with Gasteiger partial charge in [-0.2, -0.15) is 4.98 Å². The van der Waals surface area contributed by atoms with Gasteiger partial charge in [0.05, 0.1) is 6.61 Å². The summed E-state index contributed by atoms with van der Waals surface area (Å²) in [5.74, 6) is 1.06. The van der Waals surface area contributed by atoms with Gasteiger partial charge in [0.2, 0.25) is 5.95 Å². The topological polar surface area (TPSA) is 113 Å². The van der Waals surface area contributed by atoms with Gasteiger partial charge in [-0.3, -0.25) is 4.79 Å². The number of imidazole rings is 1. The molecule has 3 aromatic rings. The number of carboxylic acid groups (broad SMARTS) is 1. The number of hydrogen-bond acceptors (Lipinski definition) is 6. The molecule has 1 aromatic carbocycles. The Hall–Kier alpha value is -2.71. The van der Waals surface area contributed by atoms with Gasteiger partial charge >= 0.3 is 5.97 Å². The van der Waals surface area contributed by atoms with Crippen LogP contribution in [-0.4, -0.2) is 48.9 Å². The molecule has 2 heterocycles. The van der Waals surface area contributed by atoms with E-state index in [0.717, 1.165) is 36.4 Å². The molecule has 1 fully saturated rings. The summed E-state index contributed by atoms with van der Waals surface area (Å²) >= 11 is 6.25. The first kappa shape index (κ1) is 22.5. The summed E-state index contributed by atoms with van der Waals surface area (Å²) in [5, 5.41) is 22.4. The van der Waals surface area contributed by atoms with Gasteiger partial charge in [-0.05, 0) is 36.8 Å². The lowest BCUT2D eigenvalue weighted by atomic mass is 9.83. The van der Waals surface area contributed by atoms with Gasteiger partial charge in [-0.1, -0.05) is 43.5 Å². The van der Waals surface area contributed by atoms with Crippen molar-refractivity contribution in [2.45, 2.75) is 45.6 Å². The van der Waals surface area contributed by atoms with Crippen molar-refractivity contribution in [1.29, 1.82) is 0 Å². The molecule has 0 saturated heterocycles. The van der Waals surface area contributed by atoms with E-state index in [1.165, 1.54) is 12.8 Å². The number of carbonyl (C=O) groups is 1. The van der Waals surface area contributed by atoms with Gasteiger partial charge in [0.1, 0.15) is 23.5 Å². The summed E-state index contributed by atoms with van der Waals surface area (Å²) < 4.78 is 2.09. The van der Waals surface area contributed by atoms with Crippen LogP contribution in [-0.2, 0) is 17.8 Å². The number of carboxylic acids is 1. The van der Waals surface area contributed by atoms with Crippen molar-refractivity contribution in [3.63, 3.8) is 0 Å². The van der Waals surface area contributed by atoms with Crippen molar-refractivity contribution < 1.29 is 15.0 Å². The predicted octanol–water partition coefficient (Wildman–Crippen LogP) is 4.00. The Labute approximate surface area is 191 Å². The van der Waals surface area contributed by atoms with E-state index in [2.05, 4.69) is 31.8 Å². The molecule has 4 rings (SSSR count). The largest absolute Gasteiger partial charge is 0.481 e. The zero-order chi connectivity index (χ0) is 22.7. The average Bonchev–Trinajstić information content (AvgIpc) is 3.10. The maximum atomic E-state index is 11.3. The second-order valence-corrected chi connectivity index (χ2v) is 9.00. The van der Waals surface area contributed by atoms with Crippen LogP contribution in [0.15, 0.2) is 24.3 Å². The van der Waals surface area contributed by atoms with Gasteiger partial charge in [-0.15, -0.1) is 0 Å². The first-order valence-corrected chi connectivity index (χ1v) is 11.4. The molecule has 1 saturated carbocycles. The number of nitrogens with one attached hydrogen (secondary N) is 1. The van der Waals surface area contributed by atoms with Crippen LogP contribution in [0.1, 0.15) is 38.4 Å². The summed E-state index contributed by atoms with van der Waals surface area (Å²) in [5.41, 5.74) is 2.59. The second kappa shape index (κ2) is 9.83. The second-order valence-electron chi connectivity index (χ2n) is 8.56. The normalized spacial score (nSPS) is 18.7. The van der Waals surface area contributed by atoms with Crippen LogP contribution in [0.4, 0.5) is 5.95 Å². The lowest BCUT2D eigenvalue weighted by molar-refractivity contribution is -0.136. The maximum Gasteiger partial charge on any atom is 0.311 e. The third kappa shape index (κ3) is 5.02. The summed E-state index contributed by atoms with van der Waals surface area (Å²) in [7, 11) is 0. The van der Waals surface area contributed by atoms with E-state index >= 15 is 0 Å². The van der Waals surface area contributed by atoms with E-state index < -0.39 is 5.97 Å². The lowest BCUT2D eigenvalue weighted by Crippen LogP contribution is -2.20. The lowest BCUT2D eigenvalue weighted by Gasteiger charge is -2.27. The first-order chi connectivity index (χ1) is 15.4. The van der Waals surface area contributed by atoms with Crippen LogP contribution >= 0.6 is 11.6 Å². The fourth-order valence-electron chi connectivity index (χ4n) is 4.38. The smallest absolute Gasteiger partial charge is 0.311 e. The molecule has 0 aliphatic heterocycles. The molecule has 0 amide bonds. The highest BCUT2D eigenvalue weighted by atomic mass is 35.5. The highest BCUT2D eigenvalue weighted by Gasteiger charge is 2.24. The quantitative estimate of drug-likeness (QED) is 0.468. The van der Waals surface area contributed by atoms with E-state index in [1.54, 1.807) is 6.07 Å². The van der Waals surface area contributed by atoms with Crippen molar-refractivity contribution in [3.8, 4) is 11.3 Å². The van der Waals surface area contributed by atoms with Crippen LogP contribution in [0.25, 0.3) is 22.4 Å². The van der Waals surface area contributed by atoms with Gasteiger partial charge in [0.15, 0.2) is 5.65 Å². The molecule has 0 radical (unpaired) electrons. The van der Waals surface area contributed by atoms with E-state index in [9.17, 15) is 15.0 Å². The molecule has 0 bridgehead atoms. The first-order valence-electron chi connectivity index (χ1n) is 11.0. The highest BCUT2D eigenvalue weighted by molar-refractivity contribution is 6.30. The fourth-order valence-corrected chi connectivity index (χ4v) is 4.57. The third-order valence-corrected chi connectivity index (χ3v) is 6.26. The molecule has 0 unspecified atom stereocenters. The van der Waals surface area contributed by atoms with Gasteiger partial charge in [0.25, 0.3) is 0 Å². The zero-order valence-electron chi connectivity index (χ0n) is 18.1. The van der Waals surface area contributed by atoms with Crippen LogP contribution in [0.5, 0.6) is 0 Å². The summed E-state index contributed by atoms with van der Waals surface area (Å²) in [4.78, 5) is 25.1. The van der Waals surface area contributed by atoms with Crippen LogP contribution in [0.2, 0.25) is 5.02 Å². The minimum atomic E-state index is -1.00. The Bertz CT molecular complexity index is 1110. The molecule has 0 atom stereocenters. The minimum absolute atomic E-state index is 0.0265. The maximum absolute atomic E-state index is 11.3. The number of rotatable bonds is 8. The molecule has 8 nitrogen and oxygen atoms in total. The van der Waals surface area contributed by atoms with Crippen LogP contribution in [0.3, 0.4) is 0 Å². The fraction of sp³-hybridized carbons (Fsp3) is 0.478. The van der Waals surface area contributed by atoms with Crippen molar-refractivity contribution in [2.24, 2.45) is 11.8 Å². The molecular formula is C23H28ClN5O3. The Morgan fingerprint density at radius 1 is 1.22 bits per heavy atom. The van der Waals surface area contributed by atoms with Gasteiger partial charge in [0, 0.05) is 23.7 Å². The molecule has 9 heteroatoms. The summed E-state index contributed by atoms with van der Waals surface area (Å²) in [6, 6.07) is 7.35. The number of aromatic nitrogens is 4. The number of hydrogen-bond donors (Lipinski definition) is 3. The number of aliphatic hydroxyl groups is 1. The molecule has 32 heavy (non-hydrogen) atoms. The molecule has 1 aliphatic rings. The number of fused-ring (bicyclic) bond motifs is 1. The molecule has 170 valence electrons. The van der Waals surface area contributed by atoms with Crippen LogP contribution < -0.4 is 5.32 Å². The van der Waals surface area contributed by atoms with Gasteiger partial charge in [-0.25, -0.2) is 9.97 Å². The molecule has 0 spiro atoms. The van der Waals surface area contributed by atoms with E-state index in [-0.39, 0.29) is 18.9 Å². The summed E-state index contributed by atoms with van der Waals surface area (Å²) in [6.07, 6.45) is 4.40. The van der Waals surface area contributed by atoms with Crippen molar-refractivity contribution in [1.82, 2.24) is 19.5 Å². The molecule has 3 N–H and O–H groups in total. The number of nitrogens with zero attached hydrogens (tertiary/aromatic N) is 4. The van der Waals surface area contributed by atoms with E-state index in [0.29, 0.717) is 34.8 Å². The highest BCUT2D eigenvalue weighted by Crippen LogP contribution is 2.34. The van der Waals surface area contributed by atoms with Crippen molar-refractivity contribution in [2.75, 3.05) is 18.5 Å². The monoisotopic (exact) mass is 457 g/mol. The van der Waals surface area contributed by atoms with E-state index in [4.69, 9.17) is 11.6 Å². The zero-order valence-corrected chi connectivity index (χ0v) is 18.8. The van der Waals surface area contributed by atoms with Gasteiger partial charge < -0.3 is 20.1 Å². The Morgan fingerprint density at radius 2 is 2.00 bits per heavy atom. The standard InChI is InChI=1S/C23H28ClN5O3/c1-14-5-7-15(8-6-14)13-29-21-20(16-3-2-4-17(24)11-16)26-18(12-19(31)32)27-22(21)28-23(29)25-9-10-30/h2-4,11,14-15,30H,5-10,12-13H2,1H3,(H,31,32)(H,25,26,27,28). The number of aliphatic carboxylic acids is 1. The average molecular weight is 458 g/mol. The Morgan fingerprint density at radius 3 is 2.69 bits per heavy atom. The Balaban J connectivity index is 1.87. The Kier molecular flexibility index (Phi) is 6.91. The minimum Gasteiger partial charge on any atom is -0.481 e. The number of benzene rings is 1. The van der Waals surface area contributed by atoms with Crippen molar-refractivity contribution >= 4 is 34.7 Å². The molecular weight excluding hydrogens is 430 g/mol. The summed E-state index contributed by atoms with van der Waals surface area (Å²) in [6.45, 7) is 3.38. The SMILES string of the molecule is CC1CCC(Cn2c(NCCO)nc3nc(CC(=O)O)nc(-c4cccc(Cl)c4)c32)CC1. The molecule has 2 aromatic heterocycles. The van der Waals surface area contributed by atoms with Crippen molar-refractivity contribution in [3.05, 3.63) is 35.1 Å². The molecule has 1 aliphatic carbocycles. The third-order valence-electron chi connectivity index (χ3n) is 6.03. The predicted molar refractivity (Wildman–Crippen MR) is 124 cm³/mol. The number of anilines is 1. The van der Waals surface area contributed by atoms with Crippen LogP contribution in [0, 0.1) is 11.8 Å².